The first kappa shape index (κ1) is 14.5. The molecule has 0 radical (unpaired) electrons. The van der Waals surface area contributed by atoms with Crippen LogP contribution in [0.1, 0.15) is 30.4 Å². The van der Waals surface area contributed by atoms with E-state index in [1.54, 1.807) is 0 Å². The summed E-state index contributed by atoms with van der Waals surface area (Å²) in [6, 6.07) is 8.00. The molecule has 3 rings (SSSR count). The molecule has 1 amide bonds. The van der Waals surface area contributed by atoms with Crippen LogP contribution in [0.15, 0.2) is 24.3 Å². The summed E-state index contributed by atoms with van der Waals surface area (Å²) < 4.78 is 5.80. The van der Waals surface area contributed by atoms with Crippen molar-refractivity contribution < 1.29 is 14.6 Å². The number of piperidine rings is 1. The summed E-state index contributed by atoms with van der Waals surface area (Å²) >= 11 is 0. The predicted octanol–water partition coefficient (Wildman–Crippen LogP) is 1.68. The zero-order valence-corrected chi connectivity index (χ0v) is 12.5. The van der Waals surface area contributed by atoms with Gasteiger partial charge >= 0.3 is 0 Å². The topological polar surface area (TPSA) is 49.8 Å². The van der Waals surface area contributed by atoms with Gasteiger partial charge in [-0.05, 0) is 37.3 Å². The third kappa shape index (κ3) is 2.83. The summed E-state index contributed by atoms with van der Waals surface area (Å²) in [6.07, 6.45) is 2.42. The molecule has 4 heteroatoms. The molecule has 0 aromatic heterocycles. The Balaban J connectivity index is 1.69. The molecule has 21 heavy (non-hydrogen) atoms. The number of ether oxygens (including phenoxy) is 1. The van der Waals surface area contributed by atoms with Gasteiger partial charge < -0.3 is 14.7 Å². The zero-order chi connectivity index (χ0) is 14.9. The number of aliphatic hydroxyl groups excluding tert-OH is 1. The van der Waals surface area contributed by atoms with Gasteiger partial charge in [0.05, 0.1) is 19.1 Å². The van der Waals surface area contributed by atoms with Crippen molar-refractivity contribution in [1.82, 2.24) is 4.90 Å². The van der Waals surface area contributed by atoms with Crippen LogP contribution in [0.4, 0.5) is 0 Å². The quantitative estimate of drug-likeness (QED) is 0.901. The summed E-state index contributed by atoms with van der Waals surface area (Å²) in [5.41, 5.74) is 1.71. The lowest BCUT2D eigenvalue weighted by molar-refractivity contribution is -0.154. The lowest BCUT2D eigenvalue weighted by Gasteiger charge is -2.43. The average molecular weight is 289 g/mol. The Bertz CT molecular complexity index is 523. The van der Waals surface area contributed by atoms with Crippen LogP contribution in [0, 0.1) is 6.92 Å². The van der Waals surface area contributed by atoms with Crippen molar-refractivity contribution in [2.75, 3.05) is 19.7 Å². The fraction of sp³-hybridized carbons (Fsp3) is 0.588. The summed E-state index contributed by atoms with van der Waals surface area (Å²) in [6.45, 7) is 3.87. The molecule has 0 bridgehead atoms. The minimum atomic E-state index is -0.514. The highest BCUT2D eigenvalue weighted by molar-refractivity contribution is 5.79. The molecule has 4 nitrogen and oxygen atoms in total. The summed E-state index contributed by atoms with van der Waals surface area (Å²) in [7, 11) is 0. The van der Waals surface area contributed by atoms with E-state index in [4.69, 9.17) is 4.74 Å². The fourth-order valence-corrected chi connectivity index (χ4v) is 3.45. The molecule has 2 atom stereocenters. The highest BCUT2D eigenvalue weighted by Gasteiger charge is 2.47. The number of benzene rings is 1. The Morgan fingerprint density at radius 1 is 1.48 bits per heavy atom. The number of amides is 1. The number of likely N-dealkylation sites (tertiary alicyclic amines) is 1. The van der Waals surface area contributed by atoms with E-state index in [0.29, 0.717) is 32.5 Å². The number of aryl methyl sites for hydroxylation is 1. The summed E-state index contributed by atoms with van der Waals surface area (Å²) in [5, 5.41) is 10.2. The van der Waals surface area contributed by atoms with Crippen LogP contribution in [-0.4, -0.2) is 47.3 Å². The number of carbonyl (C=O) groups is 1. The highest BCUT2D eigenvalue weighted by Crippen LogP contribution is 2.35. The molecular weight excluding hydrogens is 266 g/mol. The van der Waals surface area contributed by atoms with Crippen molar-refractivity contribution in [2.24, 2.45) is 0 Å². The molecule has 2 fully saturated rings. The predicted molar refractivity (Wildman–Crippen MR) is 80.0 cm³/mol. The third-order valence-corrected chi connectivity index (χ3v) is 4.83. The second-order valence-electron chi connectivity index (χ2n) is 6.24. The minimum absolute atomic E-state index is 0.131. The maximum absolute atomic E-state index is 12.6. The van der Waals surface area contributed by atoms with E-state index in [2.05, 4.69) is 0 Å². The first-order valence-electron chi connectivity index (χ1n) is 7.75. The Hall–Kier alpha value is -1.39. The first-order valence-corrected chi connectivity index (χ1v) is 7.75. The van der Waals surface area contributed by atoms with Crippen LogP contribution in [0.5, 0.6) is 0 Å². The molecule has 0 aliphatic carbocycles. The van der Waals surface area contributed by atoms with Crippen molar-refractivity contribution in [3.8, 4) is 0 Å². The number of carbonyl (C=O) groups excluding carboxylic acids is 1. The van der Waals surface area contributed by atoms with Gasteiger partial charge in [-0.2, -0.15) is 0 Å². The van der Waals surface area contributed by atoms with Crippen LogP contribution in [0.25, 0.3) is 0 Å². The molecule has 1 spiro atoms. The van der Waals surface area contributed by atoms with E-state index in [9.17, 15) is 9.90 Å². The Morgan fingerprint density at radius 3 is 3.00 bits per heavy atom. The first-order chi connectivity index (χ1) is 10.1. The molecule has 114 valence electrons. The van der Waals surface area contributed by atoms with Crippen LogP contribution in [0.2, 0.25) is 0 Å². The van der Waals surface area contributed by atoms with Gasteiger partial charge in [-0.25, -0.2) is 0 Å². The lowest BCUT2D eigenvalue weighted by Crippen LogP contribution is -2.58. The summed E-state index contributed by atoms with van der Waals surface area (Å²) in [5.74, 6) is 0.131. The van der Waals surface area contributed by atoms with Crippen molar-refractivity contribution in [3.05, 3.63) is 35.4 Å². The lowest BCUT2D eigenvalue weighted by atomic mass is 9.86. The normalized spacial score (nSPS) is 29.0. The number of rotatable bonds is 2. The molecule has 2 heterocycles. The van der Waals surface area contributed by atoms with Crippen LogP contribution in [-0.2, 0) is 16.0 Å². The molecule has 1 N–H and O–H groups in total. The largest absolute Gasteiger partial charge is 0.390 e. The molecule has 1 aromatic rings. The monoisotopic (exact) mass is 289 g/mol. The minimum Gasteiger partial charge on any atom is -0.390 e. The zero-order valence-electron chi connectivity index (χ0n) is 12.5. The van der Waals surface area contributed by atoms with Crippen LogP contribution in [0.3, 0.4) is 0 Å². The van der Waals surface area contributed by atoms with E-state index < -0.39 is 11.7 Å². The smallest absolute Gasteiger partial charge is 0.227 e. The second kappa shape index (κ2) is 5.78. The molecular formula is C17H23NO3. The van der Waals surface area contributed by atoms with Gasteiger partial charge in [0.2, 0.25) is 5.91 Å². The van der Waals surface area contributed by atoms with Gasteiger partial charge in [0.1, 0.15) is 5.60 Å². The number of nitrogens with zero attached hydrogens (tertiary/aromatic N) is 1. The Morgan fingerprint density at radius 2 is 2.29 bits per heavy atom. The molecule has 0 saturated carbocycles. The van der Waals surface area contributed by atoms with Gasteiger partial charge in [0.25, 0.3) is 0 Å². The van der Waals surface area contributed by atoms with Crippen LogP contribution >= 0.6 is 0 Å². The fourth-order valence-electron chi connectivity index (χ4n) is 3.45. The Labute approximate surface area is 125 Å². The molecule has 2 saturated heterocycles. The maximum Gasteiger partial charge on any atom is 0.227 e. The average Bonchev–Trinajstić information content (AvgIpc) is 2.94. The number of hydrogen-bond donors (Lipinski definition) is 1. The molecule has 2 aliphatic heterocycles. The van der Waals surface area contributed by atoms with Gasteiger partial charge in [-0.1, -0.05) is 24.3 Å². The van der Waals surface area contributed by atoms with Gasteiger partial charge in [-0.3, -0.25) is 4.79 Å². The van der Waals surface area contributed by atoms with E-state index in [0.717, 1.165) is 24.0 Å². The van der Waals surface area contributed by atoms with Gasteiger partial charge in [0, 0.05) is 13.2 Å². The van der Waals surface area contributed by atoms with Crippen molar-refractivity contribution in [2.45, 2.75) is 44.3 Å². The standard InChI is InChI=1S/C17H23NO3/c1-13-5-2-3-6-14(13)11-16(20)18-9-7-15(19)17(12-18)8-4-10-21-17/h2-3,5-6,15,19H,4,7-12H2,1H3/t15-,17-/m0/s1. The number of aliphatic hydroxyl groups is 1. The molecule has 1 aromatic carbocycles. The van der Waals surface area contributed by atoms with Crippen molar-refractivity contribution in [1.29, 1.82) is 0 Å². The van der Waals surface area contributed by atoms with E-state index >= 15 is 0 Å². The van der Waals surface area contributed by atoms with Crippen molar-refractivity contribution in [3.63, 3.8) is 0 Å². The van der Waals surface area contributed by atoms with Crippen molar-refractivity contribution >= 4 is 5.91 Å². The number of hydrogen-bond acceptors (Lipinski definition) is 3. The van der Waals surface area contributed by atoms with Gasteiger partial charge in [-0.15, -0.1) is 0 Å². The SMILES string of the molecule is Cc1ccccc1CC(=O)N1CC[C@H](O)[C@]2(CCCO2)C1. The second-order valence-corrected chi connectivity index (χ2v) is 6.24. The van der Waals surface area contributed by atoms with E-state index in [1.807, 2.05) is 36.1 Å². The molecule has 2 aliphatic rings. The molecule has 0 unspecified atom stereocenters. The highest BCUT2D eigenvalue weighted by atomic mass is 16.5. The van der Waals surface area contributed by atoms with E-state index in [-0.39, 0.29) is 5.91 Å². The van der Waals surface area contributed by atoms with E-state index in [1.165, 1.54) is 0 Å². The maximum atomic E-state index is 12.6. The third-order valence-electron chi connectivity index (χ3n) is 4.83. The Kier molecular flexibility index (Phi) is 4.00. The van der Waals surface area contributed by atoms with Crippen LogP contribution < -0.4 is 0 Å². The van der Waals surface area contributed by atoms with Gasteiger partial charge in [0.15, 0.2) is 0 Å². The summed E-state index contributed by atoms with van der Waals surface area (Å²) in [4.78, 5) is 14.4.